The molecule has 0 saturated carbocycles. The lowest BCUT2D eigenvalue weighted by atomic mass is 10.1. The van der Waals surface area contributed by atoms with Gasteiger partial charge in [-0.15, -0.1) is 0 Å². The normalized spacial score (nSPS) is 11.4. The van der Waals surface area contributed by atoms with Crippen LogP contribution in [0.25, 0.3) is 0 Å². The summed E-state index contributed by atoms with van der Waals surface area (Å²) >= 11 is 5.66. The van der Waals surface area contributed by atoms with E-state index in [2.05, 4.69) is 9.97 Å². The maximum atomic E-state index is 12.5. The van der Waals surface area contributed by atoms with Crippen LogP contribution in [0.15, 0.2) is 30.3 Å². The van der Waals surface area contributed by atoms with Gasteiger partial charge in [0.15, 0.2) is 0 Å². The third-order valence-corrected chi connectivity index (χ3v) is 2.79. The minimum absolute atomic E-state index is 0.105. The van der Waals surface area contributed by atoms with E-state index in [1.54, 1.807) is 19.1 Å². The molecule has 0 fully saturated rings. The van der Waals surface area contributed by atoms with E-state index in [4.69, 9.17) is 11.6 Å². The van der Waals surface area contributed by atoms with Gasteiger partial charge < -0.3 is 0 Å². The average Bonchev–Trinajstić information content (AvgIpc) is 2.36. The first-order valence-electron chi connectivity index (χ1n) is 5.51. The number of ketones is 1. The second-order valence-electron chi connectivity index (χ2n) is 4.03. The molecule has 0 N–H and O–H groups in total. The Bertz CT molecular complexity index is 671. The molecule has 2 aromatic rings. The van der Waals surface area contributed by atoms with Gasteiger partial charge >= 0.3 is 6.18 Å². The molecule has 0 bridgehead atoms. The van der Waals surface area contributed by atoms with Crippen LogP contribution in [-0.4, -0.2) is 15.8 Å². The summed E-state index contributed by atoms with van der Waals surface area (Å²) in [6.45, 7) is 1.70. The van der Waals surface area contributed by atoms with Gasteiger partial charge in [-0.2, -0.15) is 13.2 Å². The van der Waals surface area contributed by atoms with Crippen molar-refractivity contribution in [3.63, 3.8) is 0 Å². The van der Waals surface area contributed by atoms with Crippen LogP contribution >= 0.6 is 11.6 Å². The van der Waals surface area contributed by atoms with Crippen LogP contribution in [0.2, 0.25) is 5.15 Å². The van der Waals surface area contributed by atoms with E-state index < -0.39 is 22.8 Å². The first-order chi connectivity index (χ1) is 9.29. The molecule has 0 spiro atoms. The Kier molecular flexibility index (Phi) is 3.76. The lowest BCUT2D eigenvalue weighted by molar-refractivity contribution is -0.141. The van der Waals surface area contributed by atoms with Crippen LogP contribution < -0.4 is 0 Å². The number of carbonyl (C=O) groups excluding carboxylic acids is 1. The molecule has 0 aliphatic rings. The SMILES string of the molecule is Cc1cccc(C(=O)c2ccc(C(F)(F)F)nc2Cl)n1. The van der Waals surface area contributed by atoms with Crippen LogP contribution in [0.5, 0.6) is 0 Å². The number of carbonyl (C=O) groups is 1. The van der Waals surface area contributed by atoms with Gasteiger partial charge in [-0.25, -0.2) is 9.97 Å². The number of aromatic nitrogens is 2. The topological polar surface area (TPSA) is 42.9 Å². The Balaban J connectivity index is 2.41. The van der Waals surface area contributed by atoms with E-state index in [0.29, 0.717) is 5.69 Å². The van der Waals surface area contributed by atoms with Gasteiger partial charge in [0.2, 0.25) is 5.78 Å². The van der Waals surface area contributed by atoms with Gasteiger partial charge in [0.25, 0.3) is 0 Å². The molecule has 0 aliphatic carbocycles. The minimum Gasteiger partial charge on any atom is -0.287 e. The first kappa shape index (κ1) is 14.5. The summed E-state index contributed by atoms with van der Waals surface area (Å²) in [5.41, 5.74) is -0.533. The summed E-state index contributed by atoms with van der Waals surface area (Å²) in [6.07, 6.45) is -4.60. The predicted molar refractivity (Wildman–Crippen MR) is 66.7 cm³/mol. The van der Waals surface area contributed by atoms with Crippen LogP contribution in [0.4, 0.5) is 13.2 Å². The van der Waals surface area contributed by atoms with Crippen molar-refractivity contribution < 1.29 is 18.0 Å². The second-order valence-corrected chi connectivity index (χ2v) is 4.38. The summed E-state index contributed by atoms with van der Waals surface area (Å²) in [5.74, 6) is -0.570. The fraction of sp³-hybridized carbons (Fsp3) is 0.154. The molecular weight excluding hydrogens is 293 g/mol. The quantitative estimate of drug-likeness (QED) is 0.627. The first-order valence-corrected chi connectivity index (χ1v) is 5.89. The lowest BCUT2D eigenvalue weighted by Gasteiger charge is -2.08. The minimum atomic E-state index is -4.60. The van der Waals surface area contributed by atoms with Crippen molar-refractivity contribution in [2.24, 2.45) is 0 Å². The monoisotopic (exact) mass is 300 g/mol. The zero-order chi connectivity index (χ0) is 14.9. The van der Waals surface area contributed by atoms with Crippen molar-refractivity contribution in [2.45, 2.75) is 13.1 Å². The van der Waals surface area contributed by atoms with E-state index in [9.17, 15) is 18.0 Å². The number of hydrogen-bond donors (Lipinski definition) is 0. The Hall–Kier alpha value is -1.95. The van der Waals surface area contributed by atoms with Gasteiger partial charge in [0, 0.05) is 5.69 Å². The van der Waals surface area contributed by atoms with Crippen LogP contribution in [0.1, 0.15) is 27.4 Å². The lowest BCUT2D eigenvalue weighted by Crippen LogP contribution is -2.11. The summed E-state index contributed by atoms with van der Waals surface area (Å²) in [7, 11) is 0. The molecule has 0 unspecified atom stereocenters. The Morgan fingerprint density at radius 2 is 1.85 bits per heavy atom. The standard InChI is InChI=1S/C13H8ClF3N2O/c1-7-3-2-4-9(18-7)11(20)8-5-6-10(13(15,16)17)19-12(8)14/h2-6H,1H3. The van der Waals surface area contributed by atoms with Gasteiger partial charge in [0.05, 0.1) is 5.56 Å². The number of aryl methyl sites for hydroxylation is 1. The fourth-order valence-corrected chi connectivity index (χ4v) is 1.81. The largest absolute Gasteiger partial charge is 0.433 e. The molecule has 0 atom stereocenters. The molecule has 3 nitrogen and oxygen atoms in total. The number of pyridine rings is 2. The number of halogens is 4. The van der Waals surface area contributed by atoms with Crippen molar-refractivity contribution in [1.29, 1.82) is 0 Å². The average molecular weight is 301 g/mol. The van der Waals surface area contributed by atoms with E-state index in [1.807, 2.05) is 0 Å². The predicted octanol–water partition coefficient (Wildman–Crippen LogP) is 3.69. The van der Waals surface area contributed by atoms with Crippen molar-refractivity contribution in [1.82, 2.24) is 9.97 Å². The van der Waals surface area contributed by atoms with Crippen molar-refractivity contribution in [3.8, 4) is 0 Å². The van der Waals surface area contributed by atoms with E-state index in [-0.39, 0.29) is 11.3 Å². The second kappa shape index (κ2) is 5.20. The van der Waals surface area contributed by atoms with Gasteiger partial charge in [-0.1, -0.05) is 17.7 Å². The highest BCUT2D eigenvalue weighted by atomic mass is 35.5. The maximum Gasteiger partial charge on any atom is 0.433 e. The highest BCUT2D eigenvalue weighted by molar-refractivity contribution is 6.33. The molecule has 7 heteroatoms. The zero-order valence-electron chi connectivity index (χ0n) is 10.2. The van der Waals surface area contributed by atoms with E-state index in [1.165, 1.54) is 6.07 Å². The number of hydrogen-bond acceptors (Lipinski definition) is 3. The van der Waals surface area contributed by atoms with Gasteiger partial charge in [0.1, 0.15) is 16.5 Å². The van der Waals surface area contributed by atoms with Gasteiger partial charge in [-0.05, 0) is 31.2 Å². The molecule has 2 rings (SSSR count). The summed E-state index contributed by atoms with van der Waals surface area (Å²) in [4.78, 5) is 19.3. The number of alkyl halides is 3. The van der Waals surface area contributed by atoms with Crippen LogP contribution in [0, 0.1) is 6.92 Å². The van der Waals surface area contributed by atoms with E-state index >= 15 is 0 Å². The Labute approximate surface area is 117 Å². The molecule has 0 amide bonds. The van der Waals surface area contributed by atoms with Crippen LogP contribution in [0.3, 0.4) is 0 Å². The Morgan fingerprint density at radius 3 is 2.40 bits per heavy atom. The van der Waals surface area contributed by atoms with E-state index in [0.717, 1.165) is 12.1 Å². The number of rotatable bonds is 2. The third-order valence-electron chi connectivity index (χ3n) is 2.50. The smallest absolute Gasteiger partial charge is 0.287 e. The highest BCUT2D eigenvalue weighted by Crippen LogP contribution is 2.29. The molecule has 20 heavy (non-hydrogen) atoms. The van der Waals surface area contributed by atoms with Crippen molar-refractivity contribution in [2.75, 3.05) is 0 Å². The molecule has 0 aromatic carbocycles. The molecule has 0 saturated heterocycles. The molecule has 104 valence electrons. The molecular formula is C13H8ClF3N2O. The van der Waals surface area contributed by atoms with Crippen molar-refractivity contribution in [3.05, 3.63) is 58.1 Å². The fourth-order valence-electron chi connectivity index (χ4n) is 1.57. The summed E-state index contributed by atoms with van der Waals surface area (Å²) < 4.78 is 37.4. The summed E-state index contributed by atoms with van der Waals surface area (Å²) in [6, 6.07) is 6.51. The molecule has 2 heterocycles. The maximum absolute atomic E-state index is 12.5. The highest BCUT2D eigenvalue weighted by Gasteiger charge is 2.33. The summed E-state index contributed by atoms with van der Waals surface area (Å²) in [5, 5.41) is -0.492. The van der Waals surface area contributed by atoms with Crippen LogP contribution in [-0.2, 0) is 6.18 Å². The molecule has 2 aromatic heterocycles. The zero-order valence-corrected chi connectivity index (χ0v) is 11.0. The Morgan fingerprint density at radius 1 is 1.15 bits per heavy atom. The van der Waals surface area contributed by atoms with Crippen molar-refractivity contribution >= 4 is 17.4 Å². The van der Waals surface area contributed by atoms with Gasteiger partial charge in [-0.3, -0.25) is 4.79 Å². The number of nitrogens with zero attached hydrogens (tertiary/aromatic N) is 2. The molecule has 0 aliphatic heterocycles. The molecule has 0 radical (unpaired) electrons. The third kappa shape index (κ3) is 2.96.